The average molecular weight is 301 g/mol. The van der Waals surface area contributed by atoms with Crippen molar-refractivity contribution in [2.75, 3.05) is 26.4 Å². The maximum absolute atomic E-state index is 6.10. The minimum Gasteiger partial charge on any atom is -0.309 e. The predicted molar refractivity (Wildman–Crippen MR) is 87.3 cm³/mol. The highest BCUT2D eigenvalue weighted by Crippen LogP contribution is 2.26. The molecule has 0 saturated carbocycles. The Hall–Kier alpha value is -0.220. The summed E-state index contributed by atoms with van der Waals surface area (Å²) in [5.74, 6) is 1.08. The number of hydrogen-bond donors (Lipinski definition) is 1. The van der Waals surface area contributed by atoms with E-state index in [1.165, 1.54) is 10.5 Å². The van der Waals surface area contributed by atoms with Crippen LogP contribution in [0.2, 0.25) is 5.02 Å². The Bertz CT molecular complexity index is 400. The Morgan fingerprint density at radius 2 is 1.95 bits per heavy atom. The zero-order valence-corrected chi connectivity index (χ0v) is 14.2. The first-order chi connectivity index (χ1) is 8.78. The van der Waals surface area contributed by atoms with Gasteiger partial charge in [0.05, 0.1) is 0 Å². The van der Waals surface area contributed by atoms with Gasteiger partial charge in [-0.25, -0.2) is 0 Å². The van der Waals surface area contributed by atoms with Crippen LogP contribution in [0.3, 0.4) is 0 Å². The van der Waals surface area contributed by atoms with Gasteiger partial charge in [0.2, 0.25) is 0 Å². The second-order valence-corrected chi connectivity index (χ2v) is 7.58. The highest BCUT2D eigenvalue weighted by molar-refractivity contribution is 7.99. The fraction of sp³-hybridized carbons (Fsp3) is 0.600. The molecule has 0 fully saturated rings. The number of hydrogen-bond acceptors (Lipinski definition) is 3. The van der Waals surface area contributed by atoms with Crippen LogP contribution >= 0.6 is 23.4 Å². The van der Waals surface area contributed by atoms with E-state index in [0.717, 1.165) is 23.9 Å². The van der Waals surface area contributed by atoms with Gasteiger partial charge < -0.3 is 10.2 Å². The van der Waals surface area contributed by atoms with Crippen LogP contribution in [0, 0.1) is 0 Å². The van der Waals surface area contributed by atoms with Crippen LogP contribution in [0.4, 0.5) is 0 Å². The molecule has 19 heavy (non-hydrogen) atoms. The molecule has 0 aliphatic heterocycles. The molecule has 0 atom stereocenters. The van der Waals surface area contributed by atoms with E-state index in [1.807, 2.05) is 17.8 Å². The van der Waals surface area contributed by atoms with Crippen molar-refractivity contribution in [2.24, 2.45) is 0 Å². The van der Waals surface area contributed by atoms with Gasteiger partial charge in [-0.05, 0) is 52.6 Å². The first-order valence-electron chi connectivity index (χ1n) is 6.59. The molecule has 0 amide bonds. The molecule has 0 aromatic heterocycles. The molecule has 0 unspecified atom stereocenters. The van der Waals surface area contributed by atoms with Crippen LogP contribution in [-0.4, -0.2) is 36.8 Å². The molecule has 0 spiro atoms. The second-order valence-electron chi connectivity index (χ2n) is 6.01. The molecule has 2 nitrogen and oxygen atoms in total. The highest BCUT2D eigenvalue weighted by Gasteiger charge is 2.11. The fourth-order valence-electron chi connectivity index (χ4n) is 1.51. The SMILES string of the molecule is CN(C)CCSc1cc(Cl)ccc1CNC(C)(C)C. The van der Waals surface area contributed by atoms with Crippen LogP contribution in [0.5, 0.6) is 0 Å². The standard InChI is InChI=1S/C15H25ClN2S/c1-15(2,3)17-11-12-6-7-13(16)10-14(12)19-9-8-18(4)5/h6-7,10,17H,8-9,11H2,1-5H3. The number of nitrogens with one attached hydrogen (secondary N) is 1. The van der Waals surface area contributed by atoms with Crippen molar-refractivity contribution in [1.82, 2.24) is 10.2 Å². The van der Waals surface area contributed by atoms with Crippen LogP contribution in [0.25, 0.3) is 0 Å². The van der Waals surface area contributed by atoms with Crippen LogP contribution in [0.15, 0.2) is 23.1 Å². The lowest BCUT2D eigenvalue weighted by Gasteiger charge is -2.21. The molecular weight excluding hydrogens is 276 g/mol. The lowest BCUT2D eigenvalue weighted by atomic mass is 10.1. The molecule has 0 bridgehead atoms. The maximum atomic E-state index is 6.10. The zero-order valence-electron chi connectivity index (χ0n) is 12.6. The maximum Gasteiger partial charge on any atom is 0.0417 e. The highest BCUT2D eigenvalue weighted by atomic mass is 35.5. The number of halogens is 1. The molecule has 1 N–H and O–H groups in total. The molecule has 1 rings (SSSR count). The summed E-state index contributed by atoms with van der Waals surface area (Å²) >= 11 is 7.98. The molecule has 0 saturated heterocycles. The Kier molecular flexibility index (Phi) is 6.67. The van der Waals surface area contributed by atoms with Crippen molar-refractivity contribution in [3.05, 3.63) is 28.8 Å². The molecule has 108 valence electrons. The smallest absolute Gasteiger partial charge is 0.0417 e. The molecular formula is C15H25ClN2S. The number of rotatable bonds is 6. The summed E-state index contributed by atoms with van der Waals surface area (Å²) in [6.07, 6.45) is 0. The largest absolute Gasteiger partial charge is 0.309 e. The molecule has 0 heterocycles. The predicted octanol–water partition coefficient (Wildman–Crippen LogP) is 3.88. The topological polar surface area (TPSA) is 15.3 Å². The Morgan fingerprint density at radius 1 is 1.26 bits per heavy atom. The van der Waals surface area contributed by atoms with Gasteiger partial charge in [0.15, 0.2) is 0 Å². The number of benzene rings is 1. The second kappa shape index (κ2) is 7.53. The van der Waals surface area contributed by atoms with Crippen molar-refractivity contribution in [3.8, 4) is 0 Å². The quantitative estimate of drug-likeness (QED) is 0.803. The van der Waals surface area contributed by atoms with E-state index in [0.29, 0.717) is 0 Å². The molecule has 1 aromatic rings. The summed E-state index contributed by atoms with van der Waals surface area (Å²) in [5, 5.41) is 4.34. The summed E-state index contributed by atoms with van der Waals surface area (Å²) in [5.41, 5.74) is 1.45. The average Bonchev–Trinajstić information content (AvgIpc) is 2.26. The Morgan fingerprint density at radius 3 is 2.53 bits per heavy atom. The first kappa shape index (κ1) is 16.8. The van der Waals surface area contributed by atoms with Gasteiger partial charge in [-0.1, -0.05) is 17.7 Å². The van der Waals surface area contributed by atoms with Gasteiger partial charge in [0, 0.05) is 34.3 Å². The van der Waals surface area contributed by atoms with Gasteiger partial charge in [-0.2, -0.15) is 0 Å². The summed E-state index contributed by atoms with van der Waals surface area (Å²) in [4.78, 5) is 3.48. The lowest BCUT2D eigenvalue weighted by Crippen LogP contribution is -2.35. The zero-order chi connectivity index (χ0) is 14.5. The third-order valence-electron chi connectivity index (χ3n) is 2.63. The van der Waals surface area contributed by atoms with E-state index in [-0.39, 0.29) is 5.54 Å². The normalized spacial score (nSPS) is 12.2. The van der Waals surface area contributed by atoms with Crippen LogP contribution in [0.1, 0.15) is 26.3 Å². The molecule has 0 aliphatic carbocycles. The van der Waals surface area contributed by atoms with E-state index < -0.39 is 0 Å². The minimum atomic E-state index is 0.130. The first-order valence-corrected chi connectivity index (χ1v) is 7.95. The van der Waals surface area contributed by atoms with Gasteiger partial charge in [-0.3, -0.25) is 0 Å². The van der Waals surface area contributed by atoms with Crippen LogP contribution in [-0.2, 0) is 6.54 Å². The van der Waals surface area contributed by atoms with E-state index in [1.54, 1.807) is 0 Å². The van der Waals surface area contributed by atoms with Gasteiger partial charge in [0.25, 0.3) is 0 Å². The minimum absolute atomic E-state index is 0.130. The molecule has 4 heteroatoms. The molecule has 0 radical (unpaired) electrons. The molecule has 1 aromatic carbocycles. The van der Waals surface area contributed by atoms with Crippen molar-refractivity contribution in [3.63, 3.8) is 0 Å². The summed E-state index contributed by atoms with van der Waals surface area (Å²) in [7, 11) is 4.20. The van der Waals surface area contributed by atoms with E-state index in [4.69, 9.17) is 11.6 Å². The summed E-state index contributed by atoms with van der Waals surface area (Å²) < 4.78 is 0. The van der Waals surface area contributed by atoms with Crippen molar-refractivity contribution in [2.45, 2.75) is 37.8 Å². The van der Waals surface area contributed by atoms with Crippen molar-refractivity contribution in [1.29, 1.82) is 0 Å². The van der Waals surface area contributed by atoms with Crippen molar-refractivity contribution >= 4 is 23.4 Å². The van der Waals surface area contributed by atoms with Gasteiger partial charge in [-0.15, -0.1) is 11.8 Å². The summed E-state index contributed by atoms with van der Waals surface area (Å²) in [6.45, 7) is 8.50. The summed E-state index contributed by atoms with van der Waals surface area (Å²) in [6, 6.07) is 6.16. The number of thioether (sulfide) groups is 1. The van der Waals surface area contributed by atoms with E-state index in [9.17, 15) is 0 Å². The third kappa shape index (κ3) is 7.21. The third-order valence-corrected chi connectivity index (χ3v) is 3.95. The van der Waals surface area contributed by atoms with Gasteiger partial charge in [0.1, 0.15) is 0 Å². The lowest BCUT2D eigenvalue weighted by molar-refractivity contribution is 0.422. The Balaban J connectivity index is 2.68. The van der Waals surface area contributed by atoms with E-state index in [2.05, 4.69) is 57.2 Å². The number of nitrogens with zero attached hydrogens (tertiary/aromatic N) is 1. The van der Waals surface area contributed by atoms with Gasteiger partial charge >= 0.3 is 0 Å². The van der Waals surface area contributed by atoms with E-state index >= 15 is 0 Å². The molecule has 0 aliphatic rings. The Labute approximate surface area is 126 Å². The monoisotopic (exact) mass is 300 g/mol. The van der Waals surface area contributed by atoms with Crippen molar-refractivity contribution < 1.29 is 0 Å². The van der Waals surface area contributed by atoms with Crippen LogP contribution < -0.4 is 5.32 Å². The fourth-order valence-corrected chi connectivity index (χ4v) is 2.96.